The van der Waals surface area contributed by atoms with Crippen molar-refractivity contribution < 1.29 is 9.53 Å². The molecule has 0 unspecified atom stereocenters. The molecule has 0 aromatic carbocycles. The van der Waals surface area contributed by atoms with Crippen LogP contribution in [0.2, 0.25) is 5.15 Å². The smallest absolute Gasteiger partial charge is 0.262 e. The fraction of sp³-hybridized carbons (Fsp3) is 0.200. The third-order valence-corrected chi connectivity index (χ3v) is 3.44. The zero-order valence-corrected chi connectivity index (χ0v) is 13.5. The van der Waals surface area contributed by atoms with Crippen LogP contribution < -0.4 is 10.1 Å². The normalized spacial score (nSPS) is 10.8. The quantitative estimate of drug-likeness (QED) is 0.746. The second kappa shape index (κ2) is 5.85. The highest BCUT2D eigenvalue weighted by Gasteiger charge is 2.16. The van der Waals surface area contributed by atoms with Gasteiger partial charge in [0.25, 0.3) is 5.91 Å². The standard InChI is InChI=1S/C15H14ClN5O2/c1-8-6-21-7-12(18-9(2)13(21)17-8)20-14(22)10-4-5-11(16)19-15(10)23-3/h4-7H,1-3H3,(H,20,22). The summed E-state index contributed by atoms with van der Waals surface area (Å²) in [6, 6.07) is 3.08. The molecule has 0 aliphatic heterocycles. The molecule has 3 heterocycles. The number of hydrogen-bond donors (Lipinski definition) is 1. The third kappa shape index (κ3) is 2.95. The second-order valence-corrected chi connectivity index (χ2v) is 5.36. The maximum Gasteiger partial charge on any atom is 0.262 e. The molecule has 0 saturated carbocycles. The van der Waals surface area contributed by atoms with E-state index in [-0.39, 0.29) is 22.5 Å². The molecule has 0 aliphatic rings. The molecule has 7 nitrogen and oxygen atoms in total. The van der Waals surface area contributed by atoms with Crippen LogP contribution in [0, 0.1) is 13.8 Å². The number of rotatable bonds is 3. The van der Waals surface area contributed by atoms with E-state index >= 15 is 0 Å². The Morgan fingerprint density at radius 2 is 2.00 bits per heavy atom. The van der Waals surface area contributed by atoms with Gasteiger partial charge in [0.2, 0.25) is 5.88 Å². The number of halogens is 1. The number of ether oxygens (including phenoxy) is 1. The first-order chi connectivity index (χ1) is 11.0. The van der Waals surface area contributed by atoms with E-state index in [0.29, 0.717) is 5.82 Å². The molecule has 0 spiro atoms. The lowest BCUT2D eigenvalue weighted by Gasteiger charge is -2.09. The number of methoxy groups -OCH3 is 1. The Labute approximate surface area is 137 Å². The van der Waals surface area contributed by atoms with Crippen LogP contribution in [0.25, 0.3) is 5.65 Å². The number of anilines is 1. The van der Waals surface area contributed by atoms with Crippen LogP contribution in [0.4, 0.5) is 5.82 Å². The number of nitrogens with zero attached hydrogens (tertiary/aromatic N) is 4. The number of pyridine rings is 1. The summed E-state index contributed by atoms with van der Waals surface area (Å²) in [5.74, 6) is 0.190. The molecule has 0 saturated heterocycles. The summed E-state index contributed by atoms with van der Waals surface area (Å²) in [5, 5.41) is 2.99. The lowest BCUT2D eigenvalue weighted by molar-refractivity contribution is 0.102. The van der Waals surface area contributed by atoms with Gasteiger partial charge in [-0.05, 0) is 26.0 Å². The van der Waals surface area contributed by atoms with Gasteiger partial charge in [-0.2, -0.15) is 0 Å². The molecule has 3 aromatic heterocycles. The predicted molar refractivity (Wildman–Crippen MR) is 86.2 cm³/mol. The minimum Gasteiger partial charge on any atom is -0.480 e. The Kier molecular flexibility index (Phi) is 3.87. The Morgan fingerprint density at radius 3 is 2.74 bits per heavy atom. The summed E-state index contributed by atoms with van der Waals surface area (Å²) in [6.45, 7) is 3.73. The van der Waals surface area contributed by atoms with E-state index in [2.05, 4.69) is 20.3 Å². The van der Waals surface area contributed by atoms with Crippen molar-refractivity contribution >= 4 is 29.0 Å². The molecule has 0 aliphatic carbocycles. The molecular formula is C15H14ClN5O2. The van der Waals surface area contributed by atoms with Gasteiger partial charge < -0.3 is 14.5 Å². The van der Waals surface area contributed by atoms with Crippen LogP contribution in [0.5, 0.6) is 5.88 Å². The maximum absolute atomic E-state index is 12.4. The Morgan fingerprint density at radius 1 is 1.22 bits per heavy atom. The van der Waals surface area contributed by atoms with Crippen molar-refractivity contribution in [3.05, 3.63) is 46.6 Å². The van der Waals surface area contributed by atoms with Crippen molar-refractivity contribution in [1.82, 2.24) is 19.4 Å². The molecule has 3 rings (SSSR count). The summed E-state index contributed by atoms with van der Waals surface area (Å²) in [5.41, 5.74) is 2.63. The molecule has 0 atom stereocenters. The SMILES string of the molecule is COc1nc(Cl)ccc1C(=O)Nc1cn2cc(C)nc2c(C)n1. The molecule has 0 radical (unpaired) electrons. The summed E-state index contributed by atoms with van der Waals surface area (Å²) in [7, 11) is 1.43. The van der Waals surface area contributed by atoms with E-state index in [1.54, 1.807) is 12.3 Å². The molecule has 0 fully saturated rings. The summed E-state index contributed by atoms with van der Waals surface area (Å²) >= 11 is 5.80. The highest BCUT2D eigenvalue weighted by Crippen LogP contribution is 2.20. The predicted octanol–water partition coefficient (Wildman–Crippen LogP) is 2.66. The number of hydrogen-bond acceptors (Lipinski definition) is 5. The van der Waals surface area contributed by atoms with Gasteiger partial charge >= 0.3 is 0 Å². The van der Waals surface area contributed by atoms with Gasteiger partial charge in [0.1, 0.15) is 16.5 Å². The molecule has 23 heavy (non-hydrogen) atoms. The molecule has 3 aromatic rings. The number of nitrogens with one attached hydrogen (secondary N) is 1. The lowest BCUT2D eigenvalue weighted by Crippen LogP contribution is -2.15. The molecular weight excluding hydrogens is 318 g/mol. The number of carbonyl (C=O) groups is 1. The van der Waals surface area contributed by atoms with Crippen LogP contribution in [0.1, 0.15) is 21.7 Å². The van der Waals surface area contributed by atoms with Crippen molar-refractivity contribution in [2.45, 2.75) is 13.8 Å². The van der Waals surface area contributed by atoms with Gasteiger partial charge in [-0.3, -0.25) is 4.79 Å². The van der Waals surface area contributed by atoms with Crippen molar-refractivity contribution in [3.63, 3.8) is 0 Å². The minimum atomic E-state index is -0.380. The van der Waals surface area contributed by atoms with Crippen molar-refractivity contribution in [1.29, 1.82) is 0 Å². The fourth-order valence-electron chi connectivity index (χ4n) is 2.26. The van der Waals surface area contributed by atoms with Gasteiger partial charge in [-0.25, -0.2) is 15.0 Å². The monoisotopic (exact) mass is 331 g/mol. The van der Waals surface area contributed by atoms with Crippen LogP contribution in [-0.2, 0) is 0 Å². The second-order valence-electron chi connectivity index (χ2n) is 4.97. The average molecular weight is 332 g/mol. The van der Waals surface area contributed by atoms with Crippen molar-refractivity contribution in [2.75, 3.05) is 12.4 Å². The number of aryl methyl sites for hydroxylation is 2. The zero-order chi connectivity index (χ0) is 16.6. The largest absolute Gasteiger partial charge is 0.480 e. The highest BCUT2D eigenvalue weighted by atomic mass is 35.5. The van der Waals surface area contributed by atoms with Crippen LogP contribution in [0.15, 0.2) is 24.5 Å². The van der Waals surface area contributed by atoms with Gasteiger partial charge in [0.05, 0.1) is 24.7 Å². The maximum atomic E-state index is 12.4. The lowest BCUT2D eigenvalue weighted by atomic mass is 10.2. The fourth-order valence-corrected chi connectivity index (χ4v) is 2.40. The Bertz CT molecular complexity index is 906. The first kappa shape index (κ1) is 15.2. The molecule has 0 bridgehead atoms. The van der Waals surface area contributed by atoms with Crippen LogP contribution in [-0.4, -0.2) is 32.4 Å². The van der Waals surface area contributed by atoms with Gasteiger partial charge in [-0.15, -0.1) is 0 Å². The van der Waals surface area contributed by atoms with Crippen molar-refractivity contribution in [3.8, 4) is 5.88 Å². The Hall–Kier alpha value is -2.67. The molecule has 1 amide bonds. The topological polar surface area (TPSA) is 81.4 Å². The number of imidazole rings is 1. The number of carbonyl (C=O) groups excluding carboxylic acids is 1. The number of aromatic nitrogens is 4. The van der Waals surface area contributed by atoms with E-state index in [9.17, 15) is 4.79 Å². The van der Waals surface area contributed by atoms with E-state index in [1.807, 2.05) is 24.4 Å². The number of amides is 1. The number of fused-ring (bicyclic) bond motifs is 1. The first-order valence-corrected chi connectivity index (χ1v) is 7.20. The Balaban J connectivity index is 1.94. The molecule has 1 N–H and O–H groups in total. The minimum absolute atomic E-state index is 0.159. The first-order valence-electron chi connectivity index (χ1n) is 6.83. The highest BCUT2D eigenvalue weighted by molar-refractivity contribution is 6.29. The van der Waals surface area contributed by atoms with Crippen molar-refractivity contribution in [2.24, 2.45) is 0 Å². The molecule has 118 valence electrons. The van der Waals surface area contributed by atoms with E-state index in [1.165, 1.54) is 13.2 Å². The average Bonchev–Trinajstić information content (AvgIpc) is 2.88. The third-order valence-electron chi connectivity index (χ3n) is 3.23. The zero-order valence-electron chi connectivity index (χ0n) is 12.8. The summed E-state index contributed by atoms with van der Waals surface area (Å²) in [6.07, 6.45) is 3.57. The van der Waals surface area contributed by atoms with Crippen LogP contribution in [0.3, 0.4) is 0 Å². The van der Waals surface area contributed by atoms with Gasteiger partial charge in [0.15, 0.2) is 5.65 Å². The van der Waals surface area contributed by atoms with E-state index in [4.69, 9.17) is 16.3 Å². The van der Waals surface area contributed by atoms with Gasteiger partial charge in [0, 0.05) is 6.20 Å². The van der Waals surface area contributed by atoms with E-state index < -0.39 is 0 Å². The summed E-state index contributed by atoms with van der Waals surface area (Å²) < 4.78 is 6.91. The van der Waals surface area contributed by atoms with E-state index in [0.717, 1.165) is 17.0 Å². The molecule has 8 heteroatoms. The van der Waals surface area contributed by atoms with Gasteiger partial charge in [-0.1, -0.05) is 11.6 Å². The summed E-state index contributed by atoms with van der Waals surface area (Å²) in [4.78, 5) is 25.1. The van der Waals surface area contributed by atoms with Crippen LogP contribution >= 0.6 is 11.6 Å².